The van der Waals surface area contributed by atoms with Gasteiger partial charge in [0.05, 0.1) is 11.0 Å². The van der Waals surface area contributed by atoms with Gasteiger partial charge in [-0.2, -0.15) is 0 Å². The van der Waals surface area contributed by atoms with Crippen molar-refractivity contribution in [3.05, 3.63) is 36.2 Å². The van der Waals surface area contributed by atoms with Crippen LogP contribution in [0, 0.1) is 5.92 Å². The van der Waals surface area contributed by atoms with Gasteiger partial charge in [0.15, 0.2) is 0 Å². The van der Waals surface area contributed by atoms with Crippen LogP contribution in [0.5, 0.6) is 0 Å². The van der Waals surface area contributed by atoms with Gasteiger partial charge in [0.2, 0.25) is 0 Å². The Balaban J connectivity index is 0.00000220. The van der Waals surface area contributed by atoms with E-state index in [-0.39, 0.29) is 18.3 Å². The third kappa shape index (κ3) is 4.81. The van der Waals surface area contributed by atoms with Gasteiger partial charge in [-0.05, 0) is 29.7 Å². The van der Waals surface area contributed by atoms with Gasteiger partial charge in [0.25, 0.3) is 5.91 Å². The molecule has 2 heterocycles. The Kier molecular flexibility index (Phi) is 6.81. The second kappa shape index (κ2) is 8.12. The average molecular weight is 329 g/mol. The number of hydrazine groups is 1. The lowest BCUT2D eigenvalue weighted by atomic mass is 10.1. The minimum Gasteiger partial charge on any atom is -0.290 e. The molecule has 2 rings (SSSR count). The molecule has 0 bridgehead atoms. The summed E-state index contributed by atoms with van der Waals surface area (Å²) in [5.41, 5.74) is 7.57. The highest BCUT2D eigenvalue weighted by atomic mass is 35.5. The molecule has 7 heteroatoms. The zero-order valence-corrected chi connectivity index (χ0v) is 13.4. The van der Waals surface area contributed by atoms with Crippen molar-refractivity contribution in [2.24, 2.45) is 5.92 Å². The number of nitrogens with one attached hydrogen (secondary N) is 2. The highest BCUT2D eigenvalue weighted by molar-refractivity contribution is 6.30. The maximum atomic E-state index is 11.9. The number of halogens is 2. The van der Waals surface area contributed by atoms with Gasteiger partial charge in [-0.15, -0.1) is 24.0 Å². The Morgan fingerprint density at radius 2 is 2.10 bits per heavy atom. The van der Waals surface area contributed by atoms with Crippen LogP contribution in [0.3, 0.4) is 0 Å². The summed E-state index contributed by atoms with van der Waals surface area (Å²) in [5.74, 6) is 0.139. The fourth-order valence-electron chi connectivity index (χ4n) is 1.66. The fraction of sp³-hybridized carbons (Fsp3) is 0.357. The summed E-state index contributed by atoms with van der Waals surface area (Å²) in [4.78, 5) is 20.4. The Morgan fingerprint density at radius 1 is 1.33 bits per heavy atom. The van der Waals surface area contributed by atoms with Crippen molar-refractivity contribution in [3.8, 4) is 0 Å². The number of hydrogen-bond acceptors (Lipinski definition) is 4. The van der Waals surface area contributed by atoms with Crippen LogP contribution in [0.4, 0.5) is 0 Å². The standard InChI is InChI=1S/C14H17ClN4O.ClH/c1-9(2)7-18-19-14(20)13(15)10-6-12-11(17-8-10)4-3-5-16-12;/h3-6,8-9,13,18H,7H2,1-2H3,(H,19,20);1H. The monoisotopic (exact) mass is 328 g/mol. The minimum atomic E-state index is -0.798. The number of aromatic nitrogens is 2. The maximum absolute atomic E-state index is 11.9. The van der Waals surface area contributed by atoms with E-state index >= 15 is 0 Å². The van der Waals surface area contributed by atoms with Crippen LogP contribution in [0.25, 0.3) is 11.0 Å². The molecule has 0 radical (unpaired) electrons. The van der Waals surface area contributed by atoms with Crippen LogP contribution < -0.4 is 10.9 Å². The number of amides is 1. The molecule has 1 amide bonds. The first-order chi connectivity index (χ1) is 9.58. The maximum Gasteiger partial charge on any atom is 0.256 e. The third-order valence-electron chi connectivity index (χ3n) is 2.72. The van der Waals surface area contributed by atoms with Crippen molar-refractivity contribution in [2.45, 2.75) is 19.2 Å². The molecule has 0 aliphatic heterocycles. The zero-order chi connectivity index (χ0) is 14.5. The van der Waals surface area contributed by atoms with Crippen LogP contribution in [0.1, 0.15) is 24.8 Å². The molecule has 0 aliphatic rings. The molecule has 21 heavy (non-hydrogen) atoms. The highest BCUT2D eigenvalue weighted by Gasteiger charge is 2.18. The molecule has 114 valence electrons. The van der Waals surface area contributed by atoms with E-state index in [4.69, 9.17) is 11.6 Å². The number of carbonyl (C=O) groups is 1. The molecule has 2 N–H and O–H groups in total. The Bertz CT molecular complexity index is 606. The number of hydrogen-bond donors (Lipinski definition) is 2. The summed E-state index contributed by atoms with van der Waals surface area (Å²) in [6.07, 6.45) is 3.28. The van der Waals surface area contributed by atoms with E-state index in [2.05, 4.69) is 34.7 Å². The first kappa shape index (κ1) is 17.6. The lowest BCUT2D eigenvalue weighted by Crippen LogP contribution is -2.41. The van der Waals surface area contributed by atoms with Crippen molar-refractivity contribution in [2.75, 3.05) is 6.54 Å². The number of rotatable bonds is 5. The molecule has 0 aromatic carbocycles. The highest BCUT2D eigenvalue weighted by Crippen LogP contribution is 2.22. The van der Waals surface area contributed by atoms with Gasteiger partial charge in [0.1, 0.15) is 5.38 Å². The smallest absolute Gasteiger partial charge is 0.256 e. The predicted molar refractivity (Wildman–Crippen MR) is 86.4 cm³/mol. The summed E-state index contributed by atoms with van der Waals surface area (Å²) < 4.78 is 0. The third-order valence-corrected chi connectivity index (χ3v) is 3.17. The van der Waals surface area contributed by atoms with Gasteiger partial charge >= 0.3 is 0 Å². The number of carbonyl (C=O) groups excluding carboxylic acids is 1. The molecule has 1 unspecified atom stereocenters. The number of nitrogens with zero attached hydrogens (tertiary/aromatic N) is 2. The normalized spacial score (nSPS) is 12.0. The van der Waals surface area contributed by atoms with E-state index < -0.39 is 5.38 Å². The van der Waals surface area contributed by atoms with Crippen LogP contribution in [-0.4, -0.2) is 22.4 Å². The Labute approximate surface area is 134 Å². The minimum absolute atomic E-state index is 0. The molecular formula is C14H18Cl2N4O. The van der Waals surface area contributed by atoms with Crippen molar-refractivity contribution in [1.82, 2.24) is 20.8 Å². The van der Waals surface area contributed by atoms with E-state index in [9.17, 15) is 4.79 Å². The fourth-order valence-corrected chi connectivity index (χ4v) is 1.84. The second-order valence-corrected chi connectivity index (χ2v) is 5.37. The first-order valence-electron chi connectivity index (χ1n) is 6.45. The van der Waals surface area contributed by atoms with Crippen molar-refractivity contribution in [1.29, 1.82) is 0 Å². The van der Waals surface area contributed by atoms with E-state index in [0.29, 0.717) is 18.0 Å². The topological polar surface area (TPSA) is 66.9 Å². The first-order valence-corrected chi connectivity index (χ1v) is 6.89. The second-order valence-electron chi connectivity index (χ2n) is 4.94. The summed E-state index contributed by atoms with van der Waals surface area (Å²) >= 11 is 6.15. The SMILES string of the molecule is CC(C)CNNC(=O)C(Cl)c1cnc2cccnc2c1.Cl. The van der Waals surface area contributed by atoms with E-state index in [1.807, 2.05) is 12.1 Å². The molecule has 1 atom stereocenters. The molecule has 2 aromatic rings. The molecule has 2 aromatic heterocycles. The number of alkyl halides is 1. The lowest BCUT2D eigenvalue weighted by molar-refractivity contribution is -0.121. The molecule has 0 fully saturated rings. The number of pyridine rings is 2. The largest absolute Gasteiger partial charge is 0.290 e. The molecule has 0 saturated carbocycles. The Hall–Kier alpha value is -1.43. The van der Waals surface area contributed by atoms with E-state index in [0.717, 1.165) is 11.0 Å². The van der Waals surface area contributed by atoms with Gasteiger partial charge in [-0.1, -0.05) is 13.8 Å². The van der Waals surface area contributed by atoms with Crippen LogP contribution in [-0.2, 0) is 4.79 Å². The molecule has 0 saturated heterocycles. The van der Waals surface area contributed by atoms with Crippen molar-refractivity contribution in [3.63, 3.8) is 0 Å². The average Bonchev–Trinajstić information content (AvgIpc) is 2.45. The van der Waals surface area contributed by atoms with Gasteiger partial charge in [-0.3, -0.25) is 20.2 Å². The molecule has 5 nitrogen and oxygen atoms in total. The summed E-state index contributed by atoms with van der Waals surface area (Å²) in [7, 11) is 0. The van der Waals surface area contributed by atoms with E-state index in [1.165, 1.54) is 0 Å². The molecular weight excluding hydrogens is 311 g/mol. The predicted octanol–water partition coefficient (Wildman–Crippen LogP) is 2.61. The van der Waals surface area contributed by atoms with Crippen LogP contribution in [0.15, 0.2) is 30.6 Å². The summed E-state index contributed by atoms with van der Waals surface area (Å²) in [5, 5.41) is -0.798. The summed E-state index contributed by atoms with van der Waals surface area (Å²) in [6.45, 7) is 4.79. The zero-order valence-electron chi connectivity index (χ0n) is 11.8. The van der Waals surface area contributed by atoms with Crippen molar-refractivity contribution < 1.29 is 4.79 Å². The van der Waals surface area contributed by atoms with Crippen LogP contribution >= 0.6 is 24.0 Å². The number of fused-ring (bicyclic) bond motifs is 1. The van der Waals surface area contributed by atoms with Crippen LogP contribution in [0.2, 0.25) is 0 Å². The van der Waals surface area contributed by atoms with E-state index in [1.54, 1.807) is 18.5 Å². The van der Waals surface area contributed by atoms with Gasteiger partial charge in [0, 0.05) is 18.9 Å². The quantitative estimate of drug-likeness (QED) is 0.654. The summed E-state index contributed by atoms with van der Waals surface area (Å²) in [6, 6.07) is 5.46. The van der Waals surface area contributed by atoms with Crippen molar-refractivity contribution >= 4 is 40.9 Å². The Morgan fingerprint density at radius 3 is 2.81 bits per heavy atom. The molecule has 0 spiro atoms. The van der Waals surface area contributed by atoms with Gasteiger partial charge in [-0.25, -0.2) is 5.43 Å². The molecule has 0 aliphatic carbocycles. The lowest BCUT2D eigenvalue weighted by Gasteiger charge is -2.13. The van der Waals surface area contributed by atoms with Gasteiger partial charge < -0.3 is 0 Å².